The minimum atomic E-state index is -1.75. The Morgan fingerprint density at radius 2 is 2.06 bits per heavy atom. The molecule has 1 aromatic carbocycles. The van der Waals surface area contributed by atoms with E-state index < -0.39 is 26.4 Å². The summed E-state index contributed by atoms with van der Waals surface area (Å²) in [6.45, 7) is 6.39. The molecule has 9 nitrogen and oxygen atoms in total. The molecule has 2 amide bonds. The van der Waals surface area contributed by atoms with E-state index in [4.69, 9.17) is 4.74 Å². The molecule has 0 bridgehead atoms. The number of rotatable bonds is 9. The maximum Gasteiger partial charge on any atom is 0.268 e. The predicted octanol–water partition coefficient (Wildman–Crippen LogP) is 2.47. The van der Waals surface area contributed by atoms with Crippen molar-refractivity contribution in [3.8, 4) is 11.8 Å². The Kier molecular flexibility index (Phi) is 6.95. The summed E-state index contributed by atoms with van der Waals surface area (Å²) in [7, 11) is -0.179. The lowest BCUT2D eigenvalue weighted by Crippen LogP contribution is -2.52. The average molecular weight is 498 g/mol. The average Bonchev–Trinajstić information content (AvgIpc) is 3.26. The van der Waals surface area contributed by atoms with Gasteiger partial charge < -0.3 is 25.5 Å². The highest BCUT2D eigenvalue weighted by molar-refractivity contribution is 6.76. The van der Waals surface area contributed by atoms with Crippen molar-refractivity contribution < 1.29 is 19.4 Å². The van der Waals surface area contributed by atoms with Crippen molar-refractivity contribution in [2.75, 3.05) is 7.11 Å². The number of aromatic amines is 1. The number of hydrogen-bond acceptors (Lipinski definition) is 6. The Morgan fingerprint density at radius 1 is 1.31 bits per heavy atom. The first-order valence-electron chi connectivity index (χ1n) is 12.1. The zero-order valence-corrected chi connectivity index (χ0v) is 21.8. The topological polar surface area (TPSA) is 139 Å². The van der Waals surface area contributed by atoms with Gasteiger partial charge in [0.15, 0.2) is 0 Å². The summed E-state index contributed by atoms with van der Waals surface area (Å²) in [6, 6.07) is 8.43. The fourth-order valence-electron chi connectivity index (χ4n) is 5.02. The molecule has 4 rings (SSSR count). The Balaban J connectivity index is 1.45. The highest BCUT2D eigenvalue weighted by atomic mass is 28.3. The molecular formula is C25H35N5O4Si. The predicted molar refractivity (Wildman–Crippen MR) is 136 cm³/mol. The lowest BCUT2D eigenvalue weighted by molar-refractivity contribution is -0.123. The van der Waals surface area contributed by atoms with Crippen LogP contribution in [0.1, 0.15) is 36.2 Å². The summed E-state index contributed by atoms with van der Waals surface area (Å²) in [5, 5.41) is 29.8. The number of fused-ring (bicyclic) bond motifs is 1. The highest BCUT2D eigenvalue weighted by Gasteiger charge is 2.52. The SMILES string of the molecule is COc1cccc2[nH]c(C(=O)N[C@@H](C[Si](C)(C)C)C(=O)N[C@H](C#N)C[C@@H]3CC4(CC4)NC3O)cc12. The van der Waals surface area contributed by atoms with E-state index in [1.165, 1.54) is 0 Å². The minimum Gasteiger partial charge on any atom is -0.496 e. The second kappa shape index (κ2) is 9.64. The molecule has 1 aromatic heterocycles. The number of H-pyrrole nitrogens is 1. The first-order chi connectivity index (χ1) is 16.5. The van der Waals surface area contributed by atoms with Gasteiger partial charge in [-0.1, -0.05) is 25.7 Å². The maximum absolute atomic E-state index is 13.3. The summed E-state index contributed by atoms with van der Waals surface area (Å²) in [5.41, 5.74) is 1.12. The number of nitriles is 1. The molecule has 2 aromatic rings. The Labute approximate surface area is 206 Å². The fourth-order valence-corrected chi connectivity index (χ4v) is 6.53. The van der Waals surface area contributed by atoms with Crippen LogP contribution in [0.5, 0.6) is 5.75 Å². The zero-order valence-electron chi connectivity index (χ0n) is 20.8. The number of hydrogen-bond donors (Lipinski definition) is 5. The van der Waals surface area contributed by atoms with Gasteiger partial charge in [-0.05, 0) is 49.9 Å². The normalized spacial score (nSPS) is 22.4. The van der Waals surface area contributed by atoms with Gasteiger partial charge in [0.25, 0.3) is 5.91 Å². The van der Waals surface area contributed by atoms with E-state index in [2.05, 4.69) is 46.6 Å². The van der Waals surface area contributed by atoms with Crippen molar-refractivity contribution in [3.05, 3.63) is 30.0 Å². The number of nitrogens with zero attached hydrogens (tertiary/aromatic N) is 1. The number of aliphatic hydroxyl groups is 1. The summed E-state index contributed by atoms with van der Waals surface area (Å²) >= 11 is 0. The van der Waals surface area contributed by atoms with Crippen LogP contribution in [-0.2, 0) is 4.79 Å². The molecular weight excluding hydrogens is 462 g/mol. The molecule has 35 heavy (non-hydrogen) atoms. The minimum absolute atomic E-state index is 0.0186. The standard InChI is InChI=1S/C25H35N5O4Si/c1-34-21-7-5-6-18-17(21)11-19(28-18)23(32)29-20(14-35(2,3)4)24(33)27-16(13-26)10-15-12-25(8-9-25)30-22(15)31/h5-7,11,15-16,20,22,28,30-31H,8-10,12,14H2,1-4H3,(H,27,33)(H,29,32)/t15-,16+,20+,22?/m1/s1. The number of amides is 2. The van der Waals surface area contributed by atoms with Crippen molar-refractivity contribution in [1.29, 1.82) is 5.26 Å². The summed E-state index contributed by atoms with van der Waals surface area (Å²) in [6.07, 6.45) is 2.58. The van der Waals surface area contributed by atoms with Crippen LogP contribution < -0.4 is 20.7 Å². The molecule has 1 saturated carbocycles. The Hall–Kier alpha value is -2.87. The summed E-state index contributed by atoms with van der Waals surface area (Å²) in [5.74, 6) is -0.194. The van der Waals surface area contributed by atoms with Gasteiger partial charge in [0, 0.05) is 30.4 Å². The number of carbonyl (C=O) groups excluding carboxylic acids is 2. The Bertz CT molecular complexity index is 1150. The molecule has 188 valence electrons. The van der Waals surface area contributed by atoms with Crippen molar-refractivity contribution in [1.82, 2.24) is 20.9 Å². The third kappa shape index (κ3) is 5.86. The molecule has 1 spiro atoms. The van der Waals surface area contributed by atoms with Gasteiger partial charge in [0.1, 0.15) is 29.8 Å². The van der Waals surface area contributed by atoms with Crippen LogP contribution in [0.4, 0.5) is 0 Å². The molecule has 10 heteroatoms. The number of nitrogens with one attached hydrogen (secondary N) is 4. The first kappa shape index (κ1) is 25.2. The summed E-state index contributed by atoms with van der Waals surface area (Å²) in [4.78, 5) is 29.5. The number of methoxy groups -OCH3 is 1. The first-order valence-corrected chi connectivity index (χ1v) is 15.9. The molecule has 1 saturated heterocycles. The van der Waals surface area contributed by atoms with Gasteiger partial charge in [-0.3, -0.25) is 14.9 Å². The fraction of sp³-hybridized carbons (Fsp3) is 0.560. The second-order valence-corrected chi connectivity index (χ2v) is 16.7. The summed E-state index contributed by atoms with van der Waals surface area (Å²) < 4.78 is 5.38. The smallest absolute Gasteiger partial charge is 0.268 e. The van der Waals surface area contributed by atoms with E-state index >= 15 is 0 Å². The third-order valence-corrected chi connectivity index (χ3v) is 8.58. The van der Waals surface area contributed by atoms with Crippen LogP contribution in [0.3, 0.4) is 0 Å². The van der Waals surface area contributed by atoms with Crippen molar-refractivity contribution in [3.63, 3.8) is 0 Å². The van der Waals surface area contributed by atoms with E-state index in [-0.39, 0.29) is 23.3 Å². The van der Waals surface area contributed by atoms with E-state index in [1.807, 2.05) is 18.2 Å². The van der Waals surface area contributed by atoms with Gasteiger partial charge in [0.2, 0.25) is 5.91 Å². The Morgan fingerprint density at radius 3 is 2.66 bits per heavy atom. The van der Waals surface area contributed by atoms with Crippen molar-refractivity contribution >= 4 is 30.8 Å². The molecule has 4 atom stereocenters. The molecule has 2 heterocycles. The second-order valence-electron chi connectivity index (χ2n) is 11.2. The van der Waals surface area contributed by atoms with Crippen molar-refractivity contribution in [2.45, 2.75) is 75.2 Å². The van der Waals surface area contributed by atoms with Gasteiger partial charge in [-0.15, -0.1) is 0 Å². The quantitative estimate of drug-likeness (QED) is 0.337. The van der Waals surface area contributed by atoms with E-state index in [9.17, 15) is 20.0 Å². The van der Waals surface area contributed by atoms with Crippen LogP contribution in [0.15, 0.2) is 24.3 Å². The number of aliphatic hydroxyl groups excluding tert-OH is 1. The van der Waals surface area contributed by atoms with Crippen LogP contribution in [0.25, 0.3) is 10.9 Å². The molecule has 2 fully saturated rings. The number of benzene rings is 1. The third-order valence-electron chi connectivity index (χ3n) is 6.94. The van der Waals surface area contributed by atoms with E-state index in [0.29, 0.717) is 23.9 Å². The maximum atomic E-state index is 13.3. The van der Waals surface area contributed by atoms with Gasteiger partial charge in [-0.2, -0.15) is 5.26 Å². The van der Waals surface area contributed by atoms with Gasteiger partial charge in [0.05, 0.1) is 13.2 Å². The van der Waals surface area contributed by atoms with Crippen LogP contribution in [0.2, 0.25) is 25.7 Å². The van der Waals surface area contributed by atoms with Gasteiger partial charge >= 0.3 is 0 Å². The monoisotopic (exact) mass is 497 g/mol. The molecule has 1 aliphatic carbocycles. The lowest BCUT2D eigenvalue weighted by Gasteiger charge is -2.26. The van der Waals surface area contributed by atoms with E-state index in [1.54, 1.807) is 13.2 Å². The molecule has 2 aliphatic rings. The number of aromatic nitrogens is 1. The largest absolute Gasteiger partial charge is 0.496 e. The molecule has 0 radical (unpaired) electrons. The molecule has 1 unspecified atom stereocenters. The molecule has 5 N–H and O–H groups in total. The van der Waals surface area contributed by atoms with E-state index in [0.717, 1.165) is 30.2 Å². The van der Waals surface area contributed by atoms with Crippen LogP contribution >= 0.6 is 0 Å². The number of carbonyl (C=O) groups is 2. The highest BCUT2D eigenvalue weighted by Crippen LogP contribution is 2.47. The molecule has 1 aliphatic heterocycles. The number of ether oxygens (including phenoxy) is 1. The zero-order chi connectivity index (χ0) is 25.4. The van der Waals surface area contributed by atoms with Crippen LogP contribution in [0, 0.1) is 17.2 Å². The van der Waals surface area contributed by atoms with Crippen LogP contribution in [-0.4, -0.2) is 60.9 Å². The van der Waals surface area contributed by atoms with Crippen molar-refractivity contribution in [2.24, 2.45) is 5.92 Å². The van der Waals surface area contributed by atoms with Gasteiger partial charge in [-0.25, -0.2) is 0 Å². The lowest BCUT2D eigenvalue weighted by atomic mass is 9.95.